The normalized spacial score (nSPS) is 11.0. The van der Waals surface area contributed by atoms with Gasteiger partial charge in [0.2, 0.25) is 0 Å². The van der Waals surface area contributed by atoms with Gasteiger partial charge >= 0.3 is 0 Å². The van der Waals surface area contributed by atoms with Crippen molar-refractivity contribution in [2.75, 3.05) is 0 Å². The van der Waals surface area contributed by atoms with Crippen LogP contribution in [0.25, 0.3) is 10.2 Å². The largest absolute Gasteiger partial charge is 0.297 e. The summed E-state index contributed by atoms with van der Waals surface area (Å²) in [5.74, 6) is -0.843. The highest BCUT2D eigenvalue weighted by Crippen LogP contribution is 2.20. The Morgan fingerprint density at radius 1 is 1.36 bits per heavy atom. The van der Waals surface area contributed by atoms with E-state index in [9.17, 15) is 14.0 Å². The Balaban J connectivity index is 1.84. The summed E-state index contributed by atoms with van der Waals surface area (Å²) in [6.45, 7) is -0.164. The van der Waals surface area contributed by atoms with E-state index < -0.39 is 5.82 Å². The molecule has 2 heterocycles. The highest BCUT2D eigenvalue weighted by molar-refractivity contribution is 7.16. The van der Waals surface area contributed by atoms with E-state index in [-0.39, 0.29) is 34.9 Å². The van der Waals surface area contributed by atoms with Crippen molar-refractivity contribution < 1.29 is 9.18 Å². The second-order valence-electron chi connectivity index (χ2n) is 4.73. The van der Waals surface area contributed by atoms with Crippen molar-refractivity contribution >= 4 is 38.9 Å². The number of aromatic nitrogens is 2. The van der Waals surface area contributed by atoms with Gasteiger partial charge in [-0.15, -0.1) is 11.3 Å². The summed E-state index contributed by atoms with van der Waals surface area (Å²) in [6.07, 6.45) is 1.17. The molecule has 3 rings (SSSR count). The molecule has 3 aromatic rings. The van der Waals surface area contributed by atoms with Gasteiger partial charge in [-0.1, -0.05) is 17.7 Å². The molecule has 4 nitrogen and oxygen atoms in total. The van der Waals surface area contributed by atoms with Crippen LogP contribution in [0.1, 0.15) is 5.56 Å². The van der Waals surface area contributed by atoms with Gasteiger partial charge in [0.1, 0.15) is 10.6 Å². The number of carbonyl (C=O) groups excluding carboxylic acids is 1. The number of carbonyl (C=O) groups is 1. The lowest BCUT2D eigenvalue weighted by molar-refractivity contribution is -0.119. The van der Waals surface area contributed by atoms with Gasteiger partial charge in [0, 0.05) is 17.0 Å². The highest BCUT2D eigenvalue weighted by atomic mass is 35.5. The van der Waals surface area contributed by atoms with Crippen LogP contribution in [0.5, 0.6) is 0 Å². The number of hydrogen-bond donors (Lipinski definition) is 0. The predicted octanol–water partition coefficient (Wildman–Crippen LogP) is 3.06. The molecule has 0 aliphatic rings. The van der Waals surface area contributed by atoms with E-state index in [1.54, 1.807) is 11.4 Å². The van der Waals surface area contributed by atoms with Crippen LogP contribution in [-0.2, 0) is 17.8 Å². The van der Waals surface area contributed by atoms with Gasteiger partial charge in [-0.05, 0) is 23.6 Å². The first-order valence-electron chi connectivity index (χ1n) is 6.43. The number of halogens is 2. The minimum atomic E-state index is -0.528. The molecule has 1 aromatic carbocycles. The lowest BCUT2D eigenvalue weighted by atomic mass is 10.1. The smallest absolute Gasteiger partial charge is 0.262 e. The van der Waals surface area contributed by atoms with Crippen LogP contribution in [0.15, 0.2) is 40.8 Å². The Labute approximate surface area is 133 Å². The van der Waals surface area contributed by atoms with Crippen molar-refractivity contribution in [1.82, 2.24) is 9.55 Å². The molecule has 0 bridgehead atoms. The Morgan fingerprint density at radius 3 is 2.95 bits per heavy atom. The Bertz CT molecular complexity index is 899. The molecule has 0 saturated carbocycles. The maximum Gasteiger partial charge on any atom is 0.262 e. The number of fused-ring (bicyclic) bond motifs is 1. The molecule has 0 amide bonds. The molecule has 0 unspecified atom stereocenters. The third-order valence-corrected chi connectivity index (χ3v) is 4.41. The van der Waals surface area contributed by atoms with Crippen LogP contribution in [0, 0.1) is 5.82 Å². The Hall–Kier alpha value is -2.05. The van der Waals surface area contributed by atoms with Crippen molar-refractivity contribution in [3.63, 3.8) is 0 Å². The zero-order chi connectivity index (χ0) is 15.7. The summed E-state index contributed by atoms with van der Waals surface area (Å²) in [7, 11) is 0. The van der Waals surface area contributed by atoms with Crippen LogP contribution in [0.3, 0.4) is 0 Å². The number of benzene rings is 1. The molecule has 112 valence electrons. The average Bonchev–Trinajstić information content (AvgIpc) is 2.95. The molecule has 22 heavy (non-hydrogen) atoms. The van der Waals surface area contributed by atoms with E-state index >= 15 is 0 Å². The van der Waals surface area contributed by atoms with E-state index in [4.69, 9.17) is 11.6 Å². The summed E-state index contributed by atoms with van der Waals surface area (Å²) < 4.78 is 14.9. The monoisotopic (exact) mass is 336 g/mol. The topological polar surface area (TPSA) is 52.0 Å². The quantitative estimate of drug-likeness (QED) is 0.735. The third-order valence-electron chi connectivity index (χ3n) is 3.23. The van der Waals surface area contributed by atoms with Crippen LogP contribution < -0.4 is 5.56 Å². The number of rotatable bonds is 4. The maximum atomic E-state index is 13.7. The SMILES string of the molecule is O=C(Cc1c(F)cccc1Cl)Cn1cnc2sccc2c1=O. The molecule has 0 aliphatic carbocycles. The Morgan fingerprint density at radius 2 is 2.18 bits per heavy atom. The second-order valence-corrected chi connectivity index (χ2v) is 6.03. The molecular weight excluding hydrogens is 327 g/mol. The summed E-state index contributed by atoms with van der Waals surface area (Å²) in [4.78, 5) is 29.0. The number of ketones is 1. The second kappa shape index (κ2) is 5.98. The molecule has 0 radical (unpaired) electrons. The minimum absolute atomic E-state index is 0.145. The van der Waals surface area contributed by atoms with Crippen molar-refractivity contribution in [2.24, 2.45) is 0 Å². The van der Waals surface area contributed by atoms with E-state index in [1.165, 1.54) is 40.4 Å². The molecular formula is C15H10ClFN2O2S. The molecule has 0 aliphatic heterocycles. The first-order valence-corrected chi connectivity index (χ1v) is 7.69. The molecule has 0 saturated heterocycles. The van der Waals surface area contributed by atoms with Crippen molar-refractivity contribution in [3.05, 3.63) is 62.7 Å². The van der Waals surface area contributed by atoms with E-state index in [0.29, 0.717) is 10.2 Å². The standard InChI is InChI=1S/C15H10ClFN2O2S/c16-12-2-1-3-13(17)11(12)6-9(20)7-19-8-18-14-10(15(19)21)4-5-22-14/h1-5,8H,6-7H2. The molecule has 0 spiro atoms. The van der Waals surface area contributed by atoms with Gasteiger partial charge in [-0.25, -0.2) is 9.37 Å². The number of hydrogen-bond acceptors (Lipinski definition) is 4. The number of Topliss-reactive ketones (excluding diaryl/α,β-unsaturated/α-hetero) is 1. The highest BCUT2D eigenvalue weighted by Gasteiger charge is 2.14. The maximum absolute atomic E-state index is 13.7. The minimum Gasteiger partial charge on any atom is -0.297 e. The zero-order valence-electron chi connectivity index (χ0n) is 11.3. The van der Waals surface area contributed by atoms with Crippen molar-refractivity contribution in [2.45, 2.75) is 13.0 Å². The molecule has 0 atom stereocenters. The van der Waals surface area contributed by atoms with E-state index in [1.807, 2.05) is 0 Å². The van der Waals surface area contributed by atoms with Crippen molar-refractivity contribution in [1.29, 1.82) is 0 Å². The van der Waals surface area contributed by atoms with Crippen LogP contribution >= 0.6 is 22.9 Å². The lowest BCUT2D eigenvalue weighted by Crippen LogP contribution is -2.25. The molecule has 0 fully saturated rings. The van der Waals surface area contributed by atoms with E-state index in [2.05, 4.69) is 4.98 Å². The molecule has 7 heteroatoms. The molecule has 0 N–H and O–H groups in total. The van der Waals surface area contributed by atoms with Gasteiger partial charge in [-0.3, -0.25) is 14.2 Å². The predicted molar refractivity (Wildman–Crippen MR) is 84.0 cm³/mol. The summed E-state index contributed by atoms with van der Waals surface area (Å²) in [5, 5.41) is 2.45. The van der Waals surface area contributed by atoms with Crippen LogP contribution in [0.2, 0.25) is 5.02 Å². The number of thiophene rings is 1. The fraction of sp³-hybridized carbons (Fsp3) is 0.133. The van der Waals surface area contributed by atoms with Gasteiger partial charge in [0.05, 0.1) is 18.3 Å². The number of nitrogens with zero attached hydrogens (tertiary/aromatic N) is 2. The zero-order valence-corrected chi connectivity index (χ0v) is 12.8. The summed E-state index contributed by atoms with van der Waals surface area (Å²) >= 11 is 7.26. The average molecular weight is 337 g/mol. The van der Waals surface area contributed by atoms with E-state index in [0.717, 1.165) is 0 Å². The van der Waals surface area contributed by atoms with Gasteiger partial charge in [0.25, 0.3) is 5.56 Å². The first kappa shape index (κ1) is 14.9. The van der Waals surface area contributed by atoms with Gasteiger partial charge in [0.15, 0.2) is 5.78 Å². The van der Waals surface area contributed by atoms with Crippen LogP contribution in [0.4, 0.5) is 4.39 Å². The van der Waals surface area contributed by atoms with Crippen LogP contribution in [-0.4, -0.2) is 15.3 Å². The third kappa shape index (κ3) is 2.80. The Kier molecular flexibility index (Phi) is 4.04. The van der Waals surface area contributed by atoms with Gasteiger partial charge in [-0.2, -0.15) is 0 Å². The summed E-state index contributed by atoms with van der Waals surface area (Å²) in [6, 6.07) is 5.92. The fourth-order valence-corrected chi connectivity index (χ4v) is 3.10. The first-order chi connectivity index (χ1) is 10.6. The van der Waals surface area contributed by atoms with Crippen molar-refractivity contribution in [3.8, 4) is 0 Å². The molecule has 2 aromatic heterocycles. The fourth-order valence-electron chi connectivity index (χ4n) is 2.15. The van der Waals surface area contributed by atoms with Gasteiger partial charge < -0.3 is 0 Å². The summed E-state index contributed by atoms with van der Waals surface area (Å²) in [5.41, 5.74) is -0.133. The lowest BCUT2D eigenvalue weighted by Gasteiger charge is -2.07.